The van der Waals surface area contributed by atoms with Gasteiger partial charge in [0.15, 0.2) is 0 Å². The molecule has 1 saturated carbocycles. The number of hydrogen-bond acceptors (Lipinski definition) is 4. The van der Waals surface area contributed by atoms with Gasteiger partial charge in [-0.15, -0.1) is 0 Å². The van der Waals surface area contributed by atoms with Crippen LogP contribution >= 0.6 is 0 Å². The number of anilines is 1. The first-order valence-corrected chi connectivity index (χ1v) is 10.7. The van der Waals surface area contributed by atoms with Crippen molar-refractivity contribution in [2.45, 2.75) is 44.2 Å². The molecule has 0 saturated heterocycles. The van der Waals surface area contributed by atoms with E-state index >= 15 is 0 Å². The second-order valence-corrected chi connectivity index (χ2v) is 8.07. The third-order valence-corrected chi connectivity index (χ3v) is 5.80. The lowest BCUT2D eigenvalue weighted by Crippen LogP contribution is -2.41. The van der Waals surface area contributed by atoms with Crippen LogP contribution in [0.4, 0.5) is 10.1 Å². The van der Waals surface area contributed by atoms with Gasteiger partial charge < -0.3 is 20.4 Å². The molecule has 3 rings (SSSR count). The van der Waals surface area contributed by atoms with Crippen LogP contribution in [0, 0.1) is 11.7 Å². The van der Waals surface area contributed by atoms with E-state index in [1.54, 1.807) is 12.1 Å². The molecule has 0 aromatic heterocycles. The van der Waals surface area contributed by atoms with Crippen LogP contribution in [0.15, 0.2) is 54.6 Å². The molecule has 0 spiro atoms. The molecule has 1 amide bonds. The van der Waals surface area contributed by atoms with Gasteiger partial charge in [-0.2, -0.15) is 0 Å². The van der Waals surface area contributed by atoms with E-state index in [1.807, 2.05) is 30.3 Å². The highest BCUT2D eigenvalue weighted by molar-refractivity contribution is 5.83. The Balaban J connectivity index is 1.61. The van der Waals surface area contributed by atoms with Gasteiger partial charge in [-0.1, -0.05) is 30.3 Å². The maximum absolute atomic E-state index is 13.1. The number of rotatable bonds is 8. The maximum Gasteiger partial charge on any atom is 0.323 e. The third kappa shape index (κ3) is 6.79. The van der Waals surface area contributed by atoms with Crippen molar-refractivity contribution >= 4 is 17.6 Å². The second kappa shape index (κ2) is 10.9. The number of halogens is 1. The van der Waals surface area contributed by atoms with Crippen molar-refractivity contribution in [3.8, 4) is 0 Å². The topological polar surface area (TPSA) is 89.9 Å². The molecule has 2 aromatic carbocycles. The number of aliphatic hydroxyl groups excluding tert-OH is 1. The quantitative estimate of drug-likeness (QED) is 0.562. The van der Waals surface area contributed by atoms with Crippen LogP contribution in [0.25, 0.3) is 0 Å². The van der Waals surface area contributed by atoms with Crippen molar-refractivity contribution in [2.24, 2.45) is 5.92 Å². The van der Waals surface area contributed by atoms with Crippen molar-refractivity contribution in [1.82, 2.24) is 4.90 Å². The molecular weight excluding hydrogens is 399 g/mol. The van der Waals surface area contributed by atoms with Crippen molar-refractivity contribution in [1.29, 1.82) is 0 Å². The van der Waals surface area contributed by atoms with E-state index < -0.39 is 12.1 Å². The van der Waals surface area contributed by atoms with Gasteiger partial charge in [0.1, 0.15) is 12.4 Å². The van der Waals surface area contributed by atoms with Crippen LogP contribution in [0.1, 0.15) is 31.2 Å². The summed E-state index contributed by atoms with van der Waals surface area (Å²) in [6, 6.07) is 15.4. The average Bonchev–Trinajstić information content (AvgIpc) is 2.94. The first kappa shape index (κ1) is 22.7. The average molecular weight is 429 g/mol. The minimum absolute atomic E-state index is 0.173. The van der Waals surface area contributed by atoms with Crippen molar-refractivity contribution in [3.63, 3.8) is 0 Å². The standard InChI is InChI=1S/C24H29FN2O4/c25-19-8-10-20(11-9-19)26-21-12-6-18(7-13-22(21)28)24(31)27(16-23(29)30)15-14-17-4-2-1-3-5-17/h1-5,8-11,18,21-22,26,28H,6-7,12-16H2,(H,29,30)/t18-,21+,22+/m1/s1. The fourth-order valence-electron chi connectivity index (χ4n) is 4.06. The summed E-state index contributed by atoms with van der Waals surface area (Å²) in [5.41, 5.74) is 1.76. The Morgan fingerprint density at radius 3 is 2.35 bits per heavy atom. The Bertz CT molecular complexity index is 860. The van der Waals surface area contributed by atoms with E-state index in [0.29, 0.717) is 44.3 Å². The zero-order valence-corrected chi connectivity index (χ0v) is 17.4. The first-order valence-electron chi connectivity index (χ1n) is 10.7. The number of benzene rings is 2. The molecule has 6 nitrogen and oxygen atoms in total. The number of nitrogens with zero attached hydrogens (tertiary/aromatic N) is 1. The molecule has 1 aliphatic carbocycles. The number of aliphatic carboxylic acids is 1. The minimum Gasteiger partial charge on any atom is -0.480 e. The van der Waals surface area contributed by atoms with E-state index in [9.17, 15) is 24.2 Å². The normalized spacial score (nSPS) is 21.2. The highest BCUT2D eigenvalue weighted by atomic mass is 19.1. The van der Waals surface area contributed by atoms with Crippen LogP contribution in [0.3, 0.4) is 0 Å². The van der Waals surface area contributed by atoms with Crippen molar-refractivity contribution in [2.75, 3.05) is 18.4 Å². The zero-order chi connectivity index (χ0) is 22.2. The summed E-state index contributed by atoms with van der Waals surface area (Å²) in [5, 5.41) is 23.1. The molecule has 1 fully saturated rings. The van der Waals surface area contributed by atoms with E-state index in [2.05, 4.69) is 5.32 Å². The van der Waals surface area contributed by atoms with Gasteiger partial charge in [-0.05, 0) is 61.9 Å². The molecule has 31 heavy (non-hydrogen) atoms. The Morgan fingerprint density at radius 2 is 1.68 bits per heavy atom. The molecule has 0 radical (unpaired) electrons. The molecule has 0 heterocycles. The largest absolute Gasteiger partial charge is 0.480 e. The van der Waals surface area contributed by atoms with Gasteiger partial charge in [0.2, 0.25) is 5.91 Å². The van der Waals surface area contributed by atoms with Crippen molar-refractivity contribution < 1.29 is 24.2 Å². The maximum atomic E-state index is 13.1. The van der Waals surface area contributed by atoms with E-state index in [1.165, 1.54) is 17.0 Å². The lowest BCUT2D eigenvalue weighted by atomic mass is 9.98. The fraction of sp³-hybridized carbons (Fsp3) is 0.417. The second-order valence-electron chi connectivity index (χ2n) is 8.07. The van der Waals surface area contributed by atoms with E-state index in [-0.39, 0.29) is 30.2 Å². The number of amides is 1. The van der Waals surface area contributed by atoms with Gasteiger partial charge in [0.25, 0.3) is 0 Å². The van der Waals surface area contributed by atoms with Crippen LogP contribution in [0.5, 0.6) is 0 Å². The Hall–Kier alpha value is -2.93. The highest BCUT2D eigenvalue weighted by Crippen LogP contribution is 2.27. The van der Waals surface area contributed by atoms with Crippen LogP contribution in [-0.4, -0.2) is 52.2 Å². The molecule has 166 valence electrons. The minimum atomic E-state index is -1.04. The Morgan fingerprint density at radius 1 is 1.00 bits per heavy atom. The zero-order valence-electron chi connectivity index (χ0n) is 17.4. The summed E-state index contributed by atoms with van der Waals surface area (Å²) in [7, 11) is 0. The predicted molar refractivity (Wildman–Crippen MR) is 116 cm³/mol. The van der Waals surface area contributed by atoms with Gasteiger partial charge >= 0.3 is 5.97 Å². The lowest BCUT2D eigenvalue weighted by molar-refractivity contribution is -0.146. The number of carbonyl (C=O) groups excluding carboxylic acids is 1. The van der Waals surface area contributed by atoms with Gasteiger partial charge in [-0.3, -0.25) is 9.59 Å². The number of carboxylic acids is 1. The first-order chi connectivity index (χ1) is 14.9. The summed E-state index contributed by atoms with van der Waals surface area (Å²) in [6.45, 7) is 0.00738. The number of hydrogen-bond donors (Lipinski definition) is 3. The Labute approximate surface area is 181 Å². The van der Waals surface area contributed by atoms with E-state index in [4.69, 9.17) is 0 Å². The smallest absolute Gasteiger partial charge is 0.323 e. The molecule has 3 atom stereocenters. The number of nitrogens with one attached hydrogen (secondary N) is 1. The van der Waals surface area contributed by atoms with Gasteiger partial charge in [-0.25, -0.2) is 4.39 Å². The summed E-state index contributed by atoms with van der Waals surface area (Å²) in [4.78, 5) is 25.9. The molecule has 3 N–H and O–H groups in total. The molecular formula is C24H29FN2O4. The van der Waals surface area contributed by atoms with Crippen LogP contribution in [0.2, 0.25) is 0 Å². The molecule has 7 heteroatoms. The fourth-order valence-corrected chi connectivity index (χ4v) is 4.06. The van der Waals surface area contributed by atoms with Crippen LogP contribution < -0.4 is 5.32 Å². The molecule has 0 unspecified atom stereocenters. The summed E-state index contributed by atoms with van der Waals surface area (Å²) < 4.78 is 13.1. The SMILES string of the molecule is O=C(O)CN(CCc1ccccc1)C(=O)[C@@H]1CC[C@H](Nc2ccc(F)cc2)[C@@H](O)CC1. The summed E-state index contributed by atoms with van der Waals surface area (Å²) in [5.74, 6) is -1.87. The summed E-state index contributed by atoms with van der Waals surface area (Å²) >= 11 is 0. The Kier molecular flexibility index (Phi) is 8.00. The predicted octanol–water partition coefficient (Wildman–Crippen LogP) is 3.31. The molecule has 0 bridgehead atoms. The molecule has 2 aromatic rings. The number of aliphatic hydroxyl groups is 1. The van der Waals surface area contributed by atoms with Gasteiger partial charge in [0, 0.05) is 18.2 Å². The van der Waals surface area contributed by atoms with Gasteiger partial charge in [0.05, 0.1) is 12.1 Å². The lowest BCUT2D eigenvalue weighted by Gasteiger charge is -2.25. The summed E-state index contributed by atoms with van der Waals surface area (Å²) in [6.07, 6.45) is 2.01. The number of carbonyl (C=O) groups is 2. The number of carboxylic acid groups (broad SMARTS) is 1. The van der Waals surface area contributed by atoms with Crippen molar-refractivity contribution in [3.05, 3.63) is 66.0 Å². The molecule has 1 aliphatic rings. The third-order valence-electron chi connectivity index (χ3n) is 5.80. The molecule has 0 aliphatic heterocycles. The van der Waals surface area contributed by atoms with E-state index in [0.717, 1.165) is 5.56 Å². The monoisotopic (exact) mass is 428 g/mol. The highest BCUT2D eigenvalue weighted by Gasteiger charge is 2.32. The van der Waals surface area contributed by atoms with Crippen LogP contribution in [-0.2, 0) is 16.0 Å².